The van der Waals surface area contributed by atoms with Gasteiger partial charge in [-0.25, -0.2) is 0 Å². The van der Waals surface area contributed by atoms with Crippen LogP contribution in [0.25, 0.3) is 0 Å². The second-order valence-electron chi connectivity index (χ2n) is 46.6. The molecule has 0 spiro atoms. The predicted octanol–water partition coefficient (Wildman–Crippen LogP) is 24.6. The van der Waals surface area contributed by atoms with Crippen LogP contribution in [0.5, 0.6) is 0 Å². The van der Waals surface area contributed by atoms with E-state index < -0.39 is 0 Å². The first-order valence-electron chi connectivity index (χ1n) is 40.8. The standard InChI is InChI=1S/C17H35N.C15H29N.C15H31N.C14H27N.2C14H29N/c1-11-13(3)18(17(8,9)10)14(4)12(2)15(11)16(5,6)7;1-14(2,3)11-9-12-7-8-13(10-11)16(12)15(4,5)6;1-11-9-13(14(3,4)5)10-12(2)16(11)15(6,7)8;1-13(2,3)12-8-11-7-10(12)9-15(11)14(4,5)6;1-11-10-12(13(2,3)4)8-9-15(11)14(5,6)7;1-13(2,3)12-8-7-10-15(11-9-12)14(4,5)6/h11-15H,1-10H3;11-13H,7-10H2,1-6H3;11-13H,9-10H2,1-8H3;10-12H,7-9H2,1-6H3;11-12H,8-10H2,1-7H3;12H,7-11H2,1-6H3. The van der Waals surface area contributed by atoms with E-state index in [4.69, 9.17) is 0 Å². The number of fused-ring (bicyclic) bond motifs is 4. The van der Waals surface area contributed by atoms with Crippen molar-refractivity contribution in [2.75, 3.05) is 26.2 Å². The minimum atomic E-state index is 0.268. The van der Waals surface area contributed by atoms with Crippen molar-refractivity contribution >= 4 is 0 Å². The van der Waals surface area contributed by atoms with Crippen LogP contribution in [0.3, 0.4) is 0 Å². The van der Waals surface area contributed by atoms with E-state index in [-0.39, 0.29) is 5.54 Å². The molecule has 0 aromatic heterocycles. The lowest BCUT2D eigenvalue weighted by Gasteiger charge is -2.58. The molecule has 6 heteroatoms. The molecule has 7 saturated heterocycles. The highest BCUT2D eigenvalue weighted by Gasteiger charge is 2.53. The average Bonchev–Trinajstić information content (AvgIpc) is 1.76. The van der Waals surface area contributed by atoms with E-state index in [1.54, 1.807) is 0 Å². The summed E-state index contributed by atoms with van der Waals surface area (Å²) in [5.41, 5.74) is 4.88. The van der Waals surface area contributed by atoms with Gasteiger partial charge in [-0.05, 0) is 348 Å². The van der Waals surface area contributed by atoms with Crippen LogP contribution < -0.4 is 0 Å². The fourth-order valence-corrected chi connectivity index (χ4v) is 21.8. The fourth-order valence-electron chi connectivity index (χ4n) is 21.8. The zero-order chi connectivity index (χ0) is 74.3. The van der Waals surface area contributed by atoms with Crippen molar-refractivity contribution in [3.05, 3.63) is 0 Å². The van der Waals surface area contributed by atoms with Gasteiger partial charge in [0.05, 0.1) is 0 Å². The molecule has 1 saturated carbocycles. The Balaban J connectivity index is 0.000000297. The SMILES string of the molecule is CC(C)(C)C1CC2CC1CN2C(C)(C)C.CC(C)(C)C1CC2CCC(C1)N2C(C)(C)C.CC(C)(C)C1CCCN(C(C)(C)C)CC1.CC1C(C)N(C(C)(C)C)C(C)C(C)C1C(C)(C)C.CC1CC(C(C)(C)C)CC(C)N1C(C)(C)C.CC1CC(C(C)(C)C)CCN1C(C)(C)C. The molecule has 8 fully saturated rings. The number of hydrogen-bond acceptors (Lipinski definition) is 6. The molecule has 1 aliphatic carbocycles. The molecule has 4 bridgehead atoms. The first-order valence-corrected chi connectivity index (χ1v) is 40.8. The number of hydrogen-bond donors (Lipinski definition) is 0. The summed E-state index contributed by atoms with van der Waals surface area (Å²) in [5, 5.41) is 0. The number of rotatable bonds is 0. The quantitative estimate of drug-likeness (QED) is 0.239. The Bertz CT molecular complexity index is 2050. The monoisotopic (exact) mass is 1330 g/mol. The third-order valence-corrected chi connectivity index (χ3v) is 26.6. The van der Waals surface area contributed by atoms with Gasteiger partial charge in [-0.15, -0.1) is 0 Å². The summed E-state index contributed by atoms with van der Waals surface area (Å²) in [4.78, 5) is 16.3. The molecule has 7 aliphatic heterocycles. The number of nitrogens with zero attached hydrogens (tertiary/aromatic N) is 6. The second-order valence-corrected chi connectivity index (χ2v) is 46.6. The maximum absolute atomic E-state index is 2.81. The molecule has 7 heterocycles. The van der Waals surface area contributed by atoms with Gasteiger partial charge in [0.25, 0.3) is 0 Å². The van der Waals surface area contributed by atoms with Gasteiger partial charge in [0.2, 0.25) is 0 Å². The molecular formula is C89H180N6. The Morgan fingerprint density at radius 1 is 0.263 bits per heavy atom. The summed E-state index contributed by atoms with van der Waals surface area (Å²) >= 11 is 0. The van der Waals surface area contributed by atoms with Gasteiger partial charge in [-0.1, -0.05) is 138 Å². The first-order chi connectivity index (χ1) is 42.1. The largest absolute Gasteiger partial charge is 0.298 e. The topological polar surface area (TPSA) is 19.4 Å². The van der Waals surface area contributed by atoms with E-state index in [1.165, 1.54) is 110 Å². The van der Waals surface area contributed by atoms with Crippen LogP contribution in [-0.4, -0.2) is 137 Å². The van der Waals surface area contributed by atoms with Crippen LogP contribution in [-0.2, 0) is 0 Å². The molecular weight excluding hydrogens is 1150 g/mol. The van der Waals surface area contributed by atoms with Crippen molar-refractivity contribution in [2.45, 2.75) is 463 Å². The van der Waals surface area contributed by atoms with E-state index in [1.807, 2.05) is 0 Å². The average molecular weight is 1330 g/mol. The molecule has 0 aromatic carbocycles. The molecule has 0 radical (unpaired) electrons. The summed E-state index contributed by atoms with van der Waals surface area (Å²) in [7, 11) is 0. The molecule has 0 N–H and O–H groups in total. The van der Waals surface area contributed by atoms with E-state index >= 15 is 0 Å². The molecule has 0 aromatic rings. The van der Waals surface area contributed by atoms with Crippen molar-refractivity contribution in [3.63, 3.8) is 0 Å². The molecule has 14 atom stereocenters. The lowest BCUT2D eigenvalue weighted by atomic mass is 9.60. The molecule has 95 heavy (non-hydrogen) atoms. The Morgan fingerprint density at radius 2 is 0.642 bits per heavy atom. The molecule has 6 nitrogen and oxygen atoms in total. The van der Waals surface area contributed by atoms with Gasteiger partial charge >= 0.3 is 0 Å². The first kappa shape index (κ1) is 89.0. The van der Waals surface area contributed by atoms with Crippen molar-refractivity contribution in [1.82, 2.24) is 29.4 Å². The highest BCUT2D eigenvalue weighted by molar-refractivity contribution is 5.06. The van der Waals surface area contributed by atoms with Crippen LogP contribution in [0.1, 0.15) is 381 Å². The smallest absolute Gasteiger partial charge is 0.0130 e. The summed E-state index contributed by atoms with van der Waals surface area (Å²) in [6, 6.07) is 6.11. The molecule has 8 aliphatic rings. The normalized spacial score (nSPS) is 34.5. The van der Waals surface area contributed by atoms with E-state index in [9.17, 15) is 0 Å². The van der Waals surface area contributed by atoms with E-state index in [2.05, 4.69) is 327 Å². The predicted molar refractivity (Wildman–Crippen MR) is 427 cm³/mol. The Hall–Kier alpha value is -0.240. The van der Waals surface area contributed by atoms with Gasteiger partial charge in [0.1, 0.15) is 0 Å². The minimum absolute atomic E-state index is 0.268. The van der Waals surface area contributed by atoms with Crippen LogP contribution in [0.2, 0.25) is 0 Å². The van der Waals surface area contributed by atoms with Gasteiger partial charge < -0.3 is 0 Å². The summed E-state index contributed by atoms with van der Waals surface area (Å²) in [6.07, 6.45) is 18.2. The molecule has 14 unspecified atom stereocenters. The van der Waals surface area contributed by atoms with E-state index in [0.29, 0.717) is 84.4 Å². The van der Waals surface area contributed by atoms with Crippen LogP contribution in [0, 0.1) is 85.8 Å². The van der Waals surface area contributed by atoms with Crippen LogP contribution in [0.4, 0.5) is 0 Å². The van der Waals surface area contributed by atoms with Crippen LogP contribution >= 0.6 is 0 Å². The van der Waals surface area contributed by atoms with Gasteiger partial charge in [0.15, 0.2) is 0 Å². The lowest BCUT2D eigenvalue weighted by Crippen LogP contribution is -2.63. The number of piperidine rings is 5. The molecule has 566 valence electrons. The lowest BCUT2D eigenvalue weighted by molar-refractivity contribution is -0.0987. The Labute approximate surface area is 600 Å². The minimum Gasteiger partial charge on any atom is -0.298 e. The maximum atomic E-state index is 2.81. The Morgan fingerprint density at radius 3 is 0.958 bits per heavy atom. The number of likely N-dealkylation sites (tertiary alicyclic amines) is 5. The van der Waals surface area contributed by atoms with Crippen LogP contribution in [0.15, 0.2) is 0 Å². The Kier molecular flexibility index (Phi) is 30.4. The van der Waals surface area contributed by atoms with Gasteiger partial charge in [-0.2, -0.15) is 0 Å². The van der Waals surface area contributed by atoms with Gasteiger partial charge in [-0.3, -0.25) is 29.4 Å². The third kappa shape index (κ3) is 25.3. The summed E-state index contributed by atoms with van der Waals surface area (Å²) < 4.78 is 0. The van der Waals surface area contributed by atoms with Crippen molar-refractivity contribution in [3.8, 4) is 0 Å². The van der Waals surface area contributed by atoms with Crippen molar-refractivity contribution in [1.29, 1.82) is 0 Å². The van der Waals surface area contributed by atoms with Crippen molar-refractivity contribution < 1.29 is 0 Å². The highest BCUT2D eigenvalue weighted by Crippen LogP contribution is 2.53. The summed E-state index contributed by atoms with van der Waals surface area (Å²) in [6.45, 7) is 108. The third-order valence-electron chi connectivity index (χ3n) is 26.6. The zero-order valence-electron chi connectivity index (χ0n) is 73.5. The highest BCUT2D eigenvalue weighted by atomic mass is 15.3. The van der Waals surface area contributed by atoms with Gasteiger partial charge in [0, 0.05) is 88.1 Å². The molecule has 8 rings (SSSR count). The van der Waals surface area contributed by atoms with Crippen molar-refractivity contribution in [2.24, 2.45) is 85.8 Å². The fraction of sp³-hybridized carbons (Fsp3) is 1.00. The van der Waals surface area contributed by atoms with E-state index in [0.717, 1.165) is 77.4 Å². The molecule has 0 amide bonds. The summed E-state index contributed by atoms with van der Waals surface area (Å²) in [5.74, 6) is 7.86. The second kappa shape index (κ2) is 32.4. The maximum Gasteiger partial charge on any atom is 0.0130 e. The zero-order valence-corrected chi connectivity index (χ0v) is 73.5.